The molecule has 0 aromatic heterocycles. The standard InChI is InChI=1S/C20H21NO3/c1-14-13-21(12-11-18(14)20(23)24)19(22)17-9-7-16(8-10-17)15-5-3-2-4-6-15/h2-10,14,18H,11-13H2,1H3,(H,23,24). The van der Waals surface area contributed by atoms with Gasteiger partial charge in [0.05, 0.1) is 5.92 Å². The van der Waals surface area contributed by atoms with Crippen molar-refractivity contribution in [2.24, 2.45) is 11.8 Å². The average Bonchev–Trinajstić information content (AvgIpc) is 2.61. The highest BCUT2D eigenvalue weighted by Crippen LogP contribution is 2.25. The molecule has 2 unspecified atom stereocenters. The molecule has 1 heterocycles. The second-order valence-electron chi connectivity index (χ2n) is 6.41. The average molecular weight is 323 g/mol. The summed E-state index contributed by atoms with van der Waals surface area (Å²) >= 11 is 0. The van der Waals surface area contributed by atoms with Crippen molar-refractivity contribution in [2.45, 2.75) is 13.3 Å². The Labute approximate surface area is 141 Å². The monoisotopic (exact) mass is 323 g/mol. The Bertz CT molecular complexity index is 724. The summed E-state index contributed by atoms with van der Waals surface area (Å²) in [6.07, 6.45) is 0.518. The van der Waals surface area contributed by atoms with Gasteiger partial charge in [0.2, 0.25) is 0 Å². The summed E-state index contributed by atoms with van der Waals surface area (Å²) in [7, 11) is 0. The maximum absolute atomic E-state index is 12.6. The molecule has 3 rings (SSSR count). The molecule has 1 aliphatic heterocycles. The number of hydrogen-bond acceptors (Lipinski definition) is 2. The Morgan fingerprint density at radius 1 is 1.00 bits per heavy atom. The SMILES string of the molecule is CC1CN(C(=O)c2ccc(-c3ccccc3)cc2)CCC1C(=O)O. The van der Waals surface area contributed by atoms with Gasteiger partial charge in [0.15, 0.2) is 0 Å². The van der Waals surface area contributed by atoms with Crippen LogP contribution in [0.5, 0.6) is 0 Å². The first kappa shape index (κ1) is 16.2. The van der Waals surface area contributed by atoms with Crippen LogP contribution in [0.3, 0.4) is 0 Å². The minimum Gasteiger partial charge on any atom is -0.481 e. The summed E-state index contributed by atoms with van der Waals surface area (Å²) in [5.41, 5.74) is 2.84. The molecule has 0 spiro atoms. The van der Waals surface area contributed by atoms with E-state index in [1.54, 1.807) is 4.90 Å². The molecule has 1 aliphatic rings. The van der Waals surface area contributed by atoms with E-state index in [1.807, 2.05) is 61.5 Å². The summed E-state index contributed by atoms with van der Waals surface area (Å²) in [4.78, 5) is 25.6. The number of nitrogens with zero attached hydrogens (tertiary/aromatic N) is 1. The minimum absolute atomic E-state index is 0.0229. The van der Waals surface area contributed by atoms with Crippen molar-refractivity contribution in [1.82, 2.24) is 4.90 Å². The lowest BCUT2D eigenvalue weighted by atomic mass is 9.87. The number of amides is 1. The van der Waals surface area contributed by atoms with Gasteiger partial charge in [-0.3, -0.25) is 9.59 Å². The molecule has 0 bridgehead atoms. The number of benzene rings is 2. The predicted octanol–water partition coefficient (Wildman–Crippen LogP) is 3.54. The second kappa shape index (κ2) is 6.87. The predicted molar refractivity (Wildman–Crippen MR) is 92.7 cm³/mol. The smallest absolute Gasteiger partial charge is 0.306 e. The molecule has 1 N–H and O–H groups in total. The van der Waals surface area contributed by atoms with Crippen LogP contribution in [0.15, 0.2) is 54.6 Å². The largest absolute Gasteiger partial charge is 0.481 e. The summed E-state index contributed by atoms with van der Waals surface area (Å²) in [5, 5.41) is 9.19. The van der Waals surface area contributed by atoms with Crippen LogP contribution in [0.2, 0.25) is 0 Å². The third-order valence-corrected chi connectivity index (χ3v) is 4.75. The van der Waals surface area contributed by atoms with Crippen molar-refractivity contribution in [2.75, 3.05) is 13.1 Å². The van der Waals surface area contributed by atoms with Gasteiger partial charge in [0.1, 0.15) is 0 Å². The molecule has 2 aromatic rings. The number of carbonyl (C=O) groups excluding carboxylic acids is 1. The highest BCUT2D eigenvalue weighted by Gasteiger charge is 2.33. The Morgan fingerprint density at radius 2 is 1.62 bits per heavy atom. The number of aliphatic carboxylic acids is 1. The molecule has 24 heavy (non-hydrogen) atoms. The number of likely N-dealkylation sites (tertiary alicyclic amines) is 1. The van der Waals surface area contributed by atoms with Gasteiger partial charge in [-0.15, -0.1) is 0 Å². The summed E-state index contributed by atoms with van der Waals surface area (Å²) in [5.74, 6) is -1.16. The summed E-state index contributed by atoms with van der Waals surface area (Å²) in [6.45, 7) is 2.90. The zero-order valence-electron chi connectivity index (χ0n) is 13.7. The summed E-state index contributed by atoms with van der Waals surface area (Å²) < 4.78 is 0. The fourth-order valence-electron chi connectivity index (χ4n) is 3.32. The van der Waals surface area contributed by atoms with E-state index >= 15 is 0 Å². The molecule has 2 aromatic carbocycles. The first-order chi connectivity index (χ1) is 11.6. The van der Waals surface area contributed by atoms with Crippen molar-refractivity contribution in [1.29, 1.82) is 0 Å². The number of carbonyl (C=O) groups is 2. The number of carboxylic acids is 1. The molecule has 0 saturated carbocycles. The third kappa shape index (κ3) is 3.32. The molecular weight excluding hydrogens is 302 g/mol. The maximum Gasteiger partial charge on any atom is 0.306 e. The van der Waals surface area contributed by atoms with Crippen molar-refractivity contribution in [3.63, 3.8) is 0 Å². The maximum atomic E-state index is 12.6. The van der Waals surface area contributed by atoms with Crippen molar-refractivity contribution >= 4 is 11.9 Å². The van der Waals surface area contributed by atoms with Gasteiger partial charge in [-0.2, -0.15) is 0 Å². The first-order valence-corrected chi connectivity index (χ1v) is 8.24. The lowest BCUT2D eigenvalue weighted by molar-refractivity contribution is -0.145. The van der Waals surface area contributed by atoms with Crippen LogP contribution >= 0.6 is 0 Å². The molecule has 124 valence electrons. The highest BCUT2D eigenvalue weighted by molar-refractivity contribution is 5.95. The Balaban J connectivity index is 1.71. The van der Waals surface area contributed by atoms with Crippen LogP contribution in [-0.2, 0) is 4.79 Å². The second-order valence-corrected chi connectivity index (χ2v) is 6.41. The van der Waals surface area contributed by atoms with Crippen LogP contribution in [0.1, 0.15) is 23.7 Å². The lowest BCUT2D eigenvalue weighted by Gasteiger charge is -2.35. The van der Waals surface area contributed by atoms with Gasteiger partial charge >= 0.3 is 5.97 Å². The van der Waals surface area contributed by atoms with Crippen LogP contribution < -0.4 is 0 Å². The van der Waals surface area contributed by atoms with Gasteiger partial charge in [-0.05, 0) is 35.6 Å². The van der Waals surface area contributed by atoms with Crippen molar-refractivity contribution in [3.8, 4) is 11.1 Å². The topological polar surface area (TPSA) is 57.6 Å². The molecule has 4 nitrogen and oxygen atoms in total. The molecule has 2 atom stereocenters. The van der Waals surface area contributed by atoms with E-state index in [9.17, 15) is 14.7 Å². The van der Waals surface area contributed by atoms with E-state index < -0.39 is 5.97 Å². The number of carboxylic acid groups (broad SMARTS) is 1. The quantitative estimate of drug-likeness (QED) is 0.940. The van der Waals surface area contributed by atoms with Gasteiger partial charge in [0, 0.05) is 18.7 Å². The Kier molecular flexibility index (Phi) is 4.65. The van der Waals surface area contributed by atoms with Crippen LogP contribution in [0.4, 0.5) is 0 Å². The Hall–Kier alpha value is -2.62. The van der Waals surface area contributed by atoms with E-state index in [2.05, 4.69) is 0 Å². The molecule has 0 aliphatic carbocycles. The molecular formula is C20H21NO3. The van der Waals surface area contributed by atoms with E-state index in [-0.39, 0.29) is 17.7 Å². The lowest BCUT2D eigenvalue weighted by Crippen LogP contribution is -2.44. The zero-order valence-corrected chi connectivity index (χ0v) is 13.7. The van der Waals surface area contributed by atoms with Crippen molar-refractivity contribution < 1.29 is 14.7 Å². The number of piperidine rings is 1. The molecule has 1 amide bonds. The van der Waals surface area contributed by atoms with Gasteiger partial charge in [0.25, 0.3) is 5.91 Å². The fraction of sp³-hybridized carbons (Fsp3) is 0.300. The van der Waals surface area contributed by atoms with Crippen LogP contribution in [0.25, 0.3) is 11.1 Å². The Morgan fingerprint density at radius 3 is 2.21 bits per heavy atom. The minimum atomic E-state index is -0.762. The van der Waals surface area contributed by atoms with Crippen LogP contribution in [-0.4, -0.2) is 35.0 Å². The molecule has 1 saturated heterocycles. The van der Waals surface area contributed by atoms with E-state index in [4.69, 9.17) is 0 Å². The van der Waals surface area contributed by atoms with Gasteiger partial charge in [-0.1, -0.05) is 49.4 Å². The van der Waals surface area contributed by atoms with E-state index in [0.717, 1.165) is 11.1 Å². The first-order valence-electron chi connectivity index (χ1n) is 8.24. The van der Waals surface area contributed by atoms with Crippen molar-refractivity contribution in [3.05, 3.63) is 60.2 Å². The van der Waals surface area contributed by atoms with Gasteiger partial charge < -0.3 is 10.0 Å². The number of rotatable bonds is 3. The zero-order chi connectivity index (χ0) is 17.1. The van der Waals surface area contributed by atoms with Crippen LogP contribution in [0, 0.1) is 11.8 Å². The van der Waals surface area contributed by atoms with E-state index in [1.165, 1.54) is 0 Å². The summed E-state index contributed by atoms with van der Waals surface area (Å²) in [6, 6.07) is 17.6. The van der Waals surface area contributed by atoms with E-state index in [0.29, 0.717) is 25.1 Å². The highest BCUT2D eigenvalue weighted by atomic mass is 16.4. The third-order valence-electron chi connectivity index (χ3n) is 4.75. The molecule has 0 radical (unpaired) electrons. The molecule has 1 fully saturated rings. The fourth-order valence-corrected chi connectivity index (χ4v) is 3.32. The molecule has 4 heteroatoms. The number of hydrogen-bond donors (Lipinski definition) is 1. The normalized spacial score (nSPS) is 20.6. The van der Waals surface area contributed by atoms with Gasteiger partial charge in [-0.25, -0.2) is 0 Å².